The lowest BCUT2D eigenvalue weighted by Gasteiger charge is -2.24. The van der Waals surface area contributed by atoms with Gasteiger partial charge in [0.25, 0.3) is 0 Å². The van der Waals surface area contributed by atoms with E-state index in [9.17, 15) is 5.26 Å². The largest absolute Gasteiger partial charge is 0.453 e. The molecule has 2 N–H and O–H groups in total. The molecule has 1 aromatic heterocycles. The van der Waals surface area contributed by atoms with Crippen molar-refractivity contribution in [3.05, 3.63) is 81.5 Å². The van der Waals surface area contributed by atoms with Crippen LogP contribution in [0, 0.1) is 18.3 Å². The van der Waals surface area contributed by atoms with Crippen molar-refractivity contribution in [1.82, 2.24) is 9.78 Å². The highest BCUT2D eigenvalue weighted by Crippen LogP contribution is 2.41. The van der Waals surface area contributed by atoms with E-state index in [1.54, 1.807) is 4.68 Å². The van der Waals surface area contributed by atoms with Gasteiger partial charge in [-0.25, -0.2) is 4.68 Å². The van der Waals surface area contributed by atoms with Gasteiger partial charge < -0.3 is 4.74 Å². The molecule has 1 unspecified atom stereocenters. The van der Waals surface area contributed by atoms with E-state index in [4.69, 9.17) is 10.5 Å². The van der Waals surface area contributed by atoms with E-state index < -0.39 is 6.23 Å². The molecule has 26 heavy (non-hydrogen) atoms. The molecule has 4 rings (SSSR count). The molecule has 128 valence electrons. The maximum absolute atomic E-state index is 9.66. The molecule has 0 radical (unpaired) electrons. The molecule has 3 aromatic rings. The number of nitrogens with two attached hydrogens (primary N) is 1. The predicted molar refractivity (Wildman–Crippen MR) is 103 cm³/mol. The highest BCUT2D eigenvalue weighted by molar-refractivity contribution is 9.10. The Morgan fingerprint density at radius 1 is 1.15 bits per heavy atom. The van der Waals surface area contributed by atoms with Crippen molar-refractivity contribution in [2.75, 3.05) is 0 Å². The molecule has 5 nitrogen and oxygen atoms in total. The van der Waals surface area contributed by atoms with Crippen LogP contribution in [0.5, 0.6) is 5.88 Å². The Hall–Kier alpha value is -2.88. The zero-order valence-corrected chi connectivity index (χ0v) is 15.6. The summed E-state index contributed by atoms with van der Waals surface area (Å²) < 4.78 is 8.62. The molecule has 0 saturated heterocycles. The maximum atomic E-state index is 9.66. The number of halogens is 1. The normalized spacial score (nSPS) is 16.0. The van der Waals surface area contributed by atoms with E-state index in [1.165, 1.54) is 0 Å². The molecule has 0 saturated carbocycles. The minimum absolute atomic E-state index is 0.405. The number of ether oxygens (including phenoxy) is 1. The van der Waals surface area contributed by atoms with Gasteiger partial charge in [-0.05, 0) is 36.8 Å². The van der Waals surface area contributed by atoms with Gasteiger partial charge in [-0.2, -0.15) is 10.4 Å². The second kappa shape index (κ2) is 6.45. The van der Waals surface area contributed by atoms with Crippen molar-refractivity contribution in [2.24, 2.45) is 5.73 Å². The van der Waals surface area contributed by atoms with E-state index in [-0.39, 0.29) is 0 Å². The lowest BCUT2D eigenvalue weighted by Crippen LogP contribution is -2.33. The van der Waals surface area contributed by atoms with Crippen LogP contribution in [0.1, 0.15) is 16.8 Å². The number of hydrogen-bond acceptors (Lipinski definition) is 4. The summed E-state index contributed by atoms with van der Waals surface area (Å²) in [5.74, 6) is 0.551. The highest BCUT2D eigenvalue weighted by atomic mass is 79.9. The van der Waals surface area contributed by atoms with Crippen LogP contribution in [0.15, 0.2) is 64.6 Å². The van der Waals surface area contributed by atoms with Crippen molar-refractivity contribution in [1.29, 1.82) is 5.26 Å². The number of aromatic nitrogens is 2. The summed E-state index contributed by atoms with van der Waals surface area (Å²) in [6.45, 7) is 1.91. The minimum atomic E-state index is -0.840. The van der Waals surface area contributed by atoms with Crippen LogP contribution < -0.4 is 10.5 Å². The van der Waals surface area contributed by atoms with Crippen LogP contribution in [-0.2, 0) is 0 Å². The highest BCUT2D eigenvalue weighted by Gasteiger charge is 2.33. The fourth-order valence-electron chi connectivity index (χ4n) is 3.14. The lowest BCUT2D eigenvalue weighted by atomic mass is 9.91. The van der Waals surface area contributed by atoms with Crippen LogP contribution in [-0.4, -0.2) is 16.0 Å². The Morgan fingerprint density at radius 2 is 1.85 bits per heavy atom. The molecule has 1 atom stereocenters. The van der Waals surface area contributed by atoms with Crippen molar-refractivity contribution in [3.63, 3.8) is 0 Å². The molecule has 0 amide bonds. The molecule has 6 heteroatoms. The van der Waals surface area contributed by atoms with Gasteiger partial charge in [0.05, 0.1) is 22.5 Å². The molecule has 0 bridgehead atoms. The summed E-state index contributed by atoms with van der Waals surface area (Å²) >= 11 is 3.44. The second-order valence-corrected chi connectivity index (χ2v) is 6.87. The van der Waals surface area contributed by atoms with Gasteiger partial charge >= 0.3 is 0 Å². The number of aryl methyl sites for hydroxylation is 1. The van der Waals surface area contributed by atoms with Crippen LogP contribution in [0.4, 0.5) is 0 Å². The molecular formula is C20H15BrN4O. The van der Waals surface area contributed by atoms with Gasteiger partial charge in [0.1, 0.15) is 6.07 Å². The van der Waals surface area contributed by atoms with Crippen LogP contribution in [0.25, 0.3) is 11.3 Å². The molecule has 0 aliphatic carbocycles. The number of hydrogen-bond donors (Lipinski definition) is 1. The summed E-state index contributed by atoms with van der Waals surface area (Å²) in [5, 5.41) is 14.3. The summed E-state index contributed by atoms with van der Waals surface area (Å²) in [6.07, 6.45) is -0.840. The van der Waals surface area contributed by atoms with E-state index >= 15 is 0 Å². The second-order valence-electron chi connectivity index (χ2n) is 5.96. The topological polar surface area (TPSA) is 76.9 Å². The Labute approximate surface area is 159 Å². The fraction of sp³-hybridized carbons (Fsp3) is 0.100. The van der Waals surface area contributed by atoms with E-state index in [0.29, 0.717) is 11.5 Å². The zero-order valence-electron chi connectivity index (χ0n) is 14.0. The van der Waals surface area contributed by atoms with Crippen LogP contribution >= 0.6 is 15.9 Å². The monoisotopic (exact) mass is 406 g/mol. The first-order valence-electron chi connectivity index (χ1n) is 8.08. The molecule has 1 aliphatic rings. The van der Waals surface area contributed by atoms with Gasteiger partial charge in [-0.15, -0.1) is 0 Å². The SMILES string of the molecule is Cc1nn(-c2ccc(Br)cc2)c2c1C(c1ccccc1)=C(C#N)C(N)O2. The van der Waals surface area contributed by atoms with Gasteiger partial charge in [0.2, 0.25) is 5.88 Å². The number of nitrogens with zero attached hydrogens (tertiary/aromatic N) is 3. The molecule has 0 spiro atoms. The number of rotatable bonds is 2. The van der Waals surface area contributed by atoms with Crippen LogP contribution in [0.3, 0.4) is 0 Å². The number of fused-ring (bicyclic) bond motifs is 1. The van der Waals surface area contributed by atoms with Gasteiger partial charge in [0.15, 0.2) is 6.23 Å². The molecule has 2 heterocycles. The third-order valence-corrected chi connectivity index (χ3v) is 4.84. The summed E-state index contributed by atoms with van der Waals surface area (Å²) in [6, 6.07) is 19.7. The Bertz CT molecular complexity index is 1050. The van der Waals surface area contributed by atoms with E-state index in [0.717, 1.165) is 32.6 Å². The molecule has 1 aliphatic heterocycles. The Morgan fingerprint density at radius 3 is 2.50 bits per heavy atom. The maximum Gasteiger partial charge on any atom is 0.226 e. The van der Waals surface area contributed by atoms with Crippen LogP contribution in [0.2, 0.25) is 0 Å². The zero-order chi connectivity index (χ0) is 18.3. The smallest absolute Gasteiger partial charge is 0.226 e. The molecule has 0 fully saturated rings. The van der Waals surface area contributed by atoms with Gasteiger partial charge in [-0.3, -0.25) is 5.73 Å². The molecule has 2 aromatic carbocycles. The van der Waals surface area contributed by atoms with Crippen molar-refractivity contribution in [2.45, 2.75) is 13.2 Å². The quantitative estimate of drug-likeness (QED) is 0.698. The lowest BCUT2D eigenvalue weighted by molar-refractivity contribution is 0.228. The Kier molecular flexibility index (Phi) is 4.11. The number of nitriles is 1. The standard InChI is InChI=1S/C20H15BrN4O/c1-12-17-18(13-5-3-2-4-6-13)16(11-22)19(23)26-20(17)25(24-12)15-9-7-14(21)8-10-15/h2-10,19H,23H2,1H3. The third kappa shape index (κ3) is 2.62. The first kappa shape index (κ1) is 16.6. The fourth-order valence-corrected chi connectivity index (χ4v) is 3.40. The summed E-state index contributed by atoms with van der Waals surface area (Å²) in [4.78, 5) is 0. The average molecular weight is 407 g/mol. The van der Waals surface area contributed by atoms with Crippen molar-refractivity contribution >= 4 is 21.5 Å². The molecular weight excluding hydrogens is 392 g/mol. The van der Waals surface area contributed by atoms with Crippen molar-refractivity contribution in [3.8, 4) is 17.6 Å². The van der Waals surface area contributed by atoms with E-state index in [1.807, 2.05) is 61.5 Å². The van der Waals surface area contributed by atoms with Gasteiger partial charge in [0, 0.05) is 10.0 Å². The Balaban J connectivity index is 1.98. The van der Waals surface area contributed by atoms with E-state index in [2.05, 4.69) is 27.1 Å². The minimum Gasteiger partial charge on any atom is -0.453 e. The first-order valence-corrected chi connectivity index (χ1v) is 8.87. The summed E-state index contributed by atoms with van der Waals surface area (Å²) in [7, 11) is 0. The third-order valence-electron chi connectivity index (χ3n) is 4.31. The first-order chi connectivity index (χ1) is 12.6. The predicted octanol–water partition coefficient (Wildman–Crippen LogP) is 3.95. The van der Waals surface area contributed by atoms with Gasteiger partial charge in [-0.1, -0.05) is 46.3 Å². The number of benzene rings is 2. The summed E-state index contributed by atoms with van der Waals surface area (Å²) in [5.41, 5.74) is 10.7. The average Bonchev–Trinajstić information content (AvgIpc) is 2.98. The van der Waals surface area contributed by atoms with Crippen molar-refractivity contribution < 1.29 is 4.74 Å².